The first kappa shape index (κ1) is 40.1. The van der Waals surface area contributed by atoms with Gasteiger partial charge in [-0.25, -0.2) is 9.59 Å². The molecule has 1 aromatic rings. The molecule has 0 aliphatic rings. The number of carbonyl (C=O) groups excluding carboxylic acids is 2. The minimum absolute atomic E-state index is 0.272. The zero-order chi connectivity index (χ0) is 32.1. The van der Waals surface area contributed by atoms with Crippen molar-refractivity contribution >= 4 is 11.9 Å². The van der Waals surface area contributed by atoms with E-state index in [9.17, 15) is 9.59 Å². The van der Waals surface area contributed by atoms with Crippen molar-refractivity contribution < 1.29 is 19.1 Å². The van der Waals surface area contributed by atoms with Crippen LogP contribution in [0.1, 0.15) is 163 Å². The van der Waals surface area contributed by atoms with Gasteiger partial charge in [0.25, 0.3) is 0 Å². The fraction of sp³-hybridized carbons (Fsp3) is 0.789. The lowest BCUT2D eigenvalue weighted by Gasteiger charge is -2.17. The van der Waals surface area contributed by atoms with E-state index in [-0.39, 0.29) is 11.1 Å². The van der Waals surface area contributed by atoms with Gasteiger partial charge in [0.2, 0.25) is 0 Å². The Bertz CT molecular complexity index is 764. The molecule has 1 aromatic carbocycles. The van der Waals surface area contributed by atoms with Crippen LogP contribution < -0.4 is 0 Å². The number of nitrogens with zero attached hydrogens (tertiary/aromatic N) is 2. The molecule has 0 saturated carbocycles. The average molecular weight is 617 g/mol. The molecule has 0 saturated heterocycles. The van der Waals surface area contributed by atoms with Crippen LogP contribution in [0.15, 0.2) is 24.3 Å². The fourth-order valence-corrected chi connectivity index (χ4v) is 5.54. The topological polar surface area (TPSA) is 59.1 Å². The van der Waals surface area contributed by atoms with E-state index in [1.54, 1.807) is 24.3 Å². The second kappa shape index (κ2) is 28.5. The molecule has 0 spiro atoms. The standard InChI is InChI=1S/C38H68N2O4/c1-5-7-9-11-13-15-17-19-21-25-29-39(3)31-33-43-37(41)35-27-23-24-28-36(35)38(42)44-34-32-40(4)30-26-22-20-18-16-14-12-10-8-6-2/h23-24,27-28H,5-22,25-26,29-34H2,1-4H3. The van der Waals surface area contributed by atoms with Crippen LogP contribution in [0.2, 0.25) is 0 Å². The smallest absolute Gasteiger partial charge is 0.339 e. The van der Waals surface area contributed by atoms with Gasteiger partial charge in [0.15, 0.2) is 0 Å². The third kappa shape index (κ3) is 21.7. The second-order valence-corrected chi connectivity index (χ2v) is 12.8. The molecule has 6 heteroatoms. The maximum atomic E-state index is 12.8. The highest BCUT2D eigenvalue weighted by Crippen LogP contribution is 2.14. The number of likely N-dealkylation sites (N-methyl/N-ethyl adjacent to an activating group) is 2. The van der Waals surface area contributed by atoms with E-state index in [2.05, 4.69) is 37.7 Å². The van der Waals surface area contributed by atoms with Gasteiger partial charge in [-0.05, 0) is 52.2 Å². The summed E-state index contributed by atoms with van der Waals surface area (Å²) in [5.41, 5.74) is 0.544. The number of rotatable bonds is 30. The molecule has 0 heterocycles. The predicted molar refractivity (Wildman–Crippen MR) is 186 cm³/mol. The molecule has 0 unspecified atom stereocenters. The van der Waals surface area contributed by atoms with E-state index in [1.165, 1.54) is 128 Å². The molecule has 0 aromatic heterocycles. The zero-order valence-corrected chi connectivity index (χ0v) is 29.2. The molecule has 0 amide bonds. The van der Waals surface area contributed by atoms with Gasteiger partial charge in [-0.1, -0.05) is 142 Å². The fourth-order valence-electron chi connectivity index (χ4n) is 5.54. The molecule has 0 aliphatic heterocycles. The molecule has 0 aliphatic carbocycles. The molecule has 0 bridgehead atoms. The SMILES string of the molecule is CCCCCCCCCCCCN(C)CCOC(=O)c1ccccc1C(=O)OCCN(C)CCCCCCCCCCCC. The van der Waals surface area contributed by atoms with E-state index >= 15 is 0 Å². The number of esters is 2. The van der Waals surface area contributed by atoms with Crippen LogP contribution >= 0.6 is 0 Å². The van der Waals surface area contributed by atoms with Crippen LogP contribution in [0, 0.1) is 0 Å². The Hall–Kier alpha value is -1.92. The highest BCUT2D eigenvalue weighted by molar-refractivity contribution is 6.03. The number of carbonyl (C=O) groups is 2. The van der Waals surface area contributed by atoms with E-state index < -0.39 is 11.9 Å². The molecular formula is C38H68N2O4. The molecule has 0 fully saturated rings. The Morgan fingerprint density at radius 1 is 0.477 bits per heavy atom. The highest BCUT2D eigenvalue weighted by Gasteiger charge is 2.19. The molecule has 254 valence electrons. The van der Waals surface area contributed by atoms with Crippen LogP contribution in [0.25, 0.3) is 0 Å². The van der Waals surface area contributed by atoms with Gasteiger partial charge in [-0.15, -0.1) is 0 Å². The van der Waals surface area contributed by atoms with Gasteiger partial charge in [0.1, 0.15) is 13.2 Å². The van der Waals surface area contributed by atoms with Gasteiger partial charge in [-0.3, -0.25) is 0 Å². The molecule has 6 nitrogen and oxygen atoms in total. The van der Waals surface area contributed by atoms with Crippen LogP contribution in [-0.2, 0) is 9.47 Å². The van der Waals surface area contributed by atoms with Crippen molar-refractivity contribution in [2.24, 2.45) is 0 Å². The number of benzene rings is 1. The summed E-state index contributed by atoms with van der Waals surface area (Å²) in [4.78, 5) is 30.0. The summed E-state index contributed by atoms with van der Waals surface area (Å²) in [6.45, 7) is 8.51. The Kier molecular flexibility index (Phi) is 26.0. The monoisotopic (exact) mass is 617 g/mol. The first-order chi connectivity index (χ1) is 21.5. The zero-order valence-electron chi connectivity index (χ0n) is 29.2. The lowest BCUT2D eigenvalue weighted by atomic mass is 10.1. The highest BCUT2D eigenvalue weighted by atomic mass is 16.5. The lowest BCUT2D eigenvalue weighted by molar-refractivity contribution is 0.0426. The average Bonchev–Trinajstić information content (AvgIpc) is 3.02. The summed E-state index contributed by atoms with van der Waals surface area (Å²) in [6, 6.07) is 6.80. The lowest BCUT2D eigenvalue weighted by Crippen LogP contribution is -2.26. The van der Waals surface area contributed by atoms with Gasteiger partial charge < -0.3 is 19.3 Å². The summed E-state index contributed by atoms with van der Waals surface area (Å²) in [7, 11) is 4.14. The Morgan fingerprint density at radius 2 is 0.773 bits per heavy atom. The Morgan fingerprint density at radius 3 is 1.09 bits per heavy atom. The van der Waals surface area contributed by atoms with Crippen LogP contribution in [-0.4, -0.2) is 75.2 Å². The van der Waals surface area contributed by atoms with Gasteiger partial charge in [0.05, 0.1) is 11.1 Å². The minimum atomic E-state index is -0.469. The van der Waals surface area contributed by atoms with Crippen LogP contribution in [0.5, 0.6) is 0 Å². The van der Waals surface area contributed by atoms with E-state index in [0.29, 0.717) is 26.3 Å². The van der Waals surface area contributed by atoms with Crippen molar-refractivity contribution in [2.45, 2.75) is 142 Å². The first-order valence-electron chi connectivity index (χ1n) is 18.3. The minimum Gasteiger partial charge on any atom is -0.461 e. The summed E-state index contributed by atoms with van der Waals surface area (Å²) in [5, 5.41) is 0. The summed E-state index contributed by atoms with van der Waals surface area (Å²) in [5.74, 6) is -0.939. The van der Waals surface area contributed by atoms with Gasteiger partial charge in [-0.2, -0.15) is 0 Å². The number of hydrogen-bond acceptors (Lipinski definition) is 6. The van der Waals surface area contributed by atoms with Crippen molar-refractivity contribution in [1.82, 2.24) is 9.80 Å². The Labute approximate surface area is 271 Å². The normalized spacial score (nSPS) is 11.4. The van der Waals surface area contributed by atoms with Crippen molar-refractivity contribution in [1.29, 1.82) is 0 Å². The summed E-state index contributed by atoms with van der Waals surface area (Å²) >= 11 is 0. The van der Waals surface area contributed by atoms with Gasteiger partial charge >= 0.3 is 11.9 Å². The van der Waals surface area contributed by atoms with E-state index in [1.807, 2.05) is 0 Å². The first-order valence-corrected chi connectivity index (χ1v) is 18.3. The van der Waals surface area contributed by atoms with E-state index in [0.717, 1.165) is 13.1 Å². The van der Waals surface area contributed by atoms with Gasteiger partial charge in [0, 0.05) is 13.1 Å². The van der Waals surface area contributed by atoms with Crippen LogP contribution in [0.4, 0.5) is 0 Å². The second-order valence-electron chi connectivity index (χ2n) is 12.8. The van der Waals surface area contributed by atoms with Crippen LogP contribution in [0.3, 0.4) is 0 Å². The maximum absolute atomic E-state index is 12.8. The number of hydrogen-bond donors (Lipinski definition) is 0. The Balaban J connectivity index is 2.18. The van der Waals surface area contributed by atoms with E-state index in [4.69, 9.17) is 9.47 Å². The third-order valence-electron chi connectivity index (χ3n) is 8.57. The predicted octanol–water partition coefficient (Wildman–Crippen LogP) is 9.71. The number of unbranched alkanes of at least 4 members (excludes halogenated alkanes) is 18. The maximum Gasteiger partial charge on any atom is 0.339 e. The molecule has 44 heavy (non-hydrogen) atoms. The molecule has 0 N–H and O–H groups in total. The molecular weight excluding hydrogens is 548 g/mol. The van der Waals surface area contributed by atoms with Crippen molar-refractivity contribution in [3.63, 3.8) is 0 Å². The van der Waals surface area contributed by atoms with Crippen molar-refractivity contribution in [3.8, 4) is 0 Å². The third-order valence-corrected chi connectivity index (χ3v) is 8.57. The molecule has 0 radical (unpaired) electrons. The summed E-state index contributed by atoms with van der Waals surface area (Å²) < 4.78 is 11.1. The molecule has 0 atom stereocenters. The quantitative estimate of drug-likeness (QED) is 0.0633. The van der Waals surface area contributed by atoms with Crippen molar-refractivity contribution in [2.75, 3.05) is 53.5 Å². The largest absolute Gasteiger partial charge is 0.461 e. The number of ether oxygens (including phenoxy) is 2. The van der Waals surface area contributed by atoms with Crippen molar-refractivity contribution in [3.05, 3.63) is 35.4 Å². The molecule has 1 rings (SSSR count). The summed E-state index contributed by atoms with van der Waals surface area (Å²) in [6.07, 6.45) is 26.5.